The third kappa shape index (κ3) is 2.87. The van der Waals surface area contributed by atoms with Crippen LogP contribution in [0.15, 0.2) is 42.2 Å². The van der Waals surface area contributed by atoms with Crippen LogP contribution in [0.5, 0.6) is 0 Å². The van der Waals surface area contributed by atoms with Crippen molar-refractivity contribution in [2.45, 2.75) is 26.5 Å². The van der Waals surface area contributed by atoms with Crippen molar-refractivity contribution in [1.29, 1.82) is 0 Å². The number of carbonyl (C=O) groups excluding carboxylic acids is 1. The van der Waals surface area contributed by atoms with Crippen LogP contribution in [0.1, 0.15) is 19.4 Å². The summed E-state index contributed by atoms with van der Waals surface area (Å²) in [5.74, 6) is 1.02. The minimum Gasteiger partial charge on any atom is -0.491 e. The van der Waals surface area contributed by atoms with Crippen LogP contribution in [0.3, 0.4) is 0 Å². The predicted molar refractivity (Wildman–Crippen MR) is 66.1 cm³/mol. The number of carbonyl (C=O) groups is 1. The minimum absolute atomic E-state index is 0.00575. The zero-order valence-corrected chi connectivity index (χ0v) is 10.1. The van der Waals surface area contributed by atoms with Crippen molar-refractivity contribution in [2.75, 3.05) is 0 Å². The number of hydrogen-bond donors (Lipinski definition) is 1. The Bertz CT molecular complexity index is 423. The molecule has 0 radical (unpaired) electrons. The van der Waals surface area contributed by atoms with E-state index in [0.29, 0.717) is 12.5 Å². The second kappa shape index (κ2) is 5.04. The molecule has 17 heavy (non-hydrogen) atoms. The first-order chi connectivity index (χ1) is 8.16. The fraction of sp³-hybridized carbons (Fsp3) is 0.357. The Kier molecular flexibility index (Phi) is 3.47. The Morgan fingerprint density at radius 3 is 2.65 bits per heavy atom. The zero-order valence-electron chi connectivity index (χ0n) is 10.1. The highest BCUT2D eigenvalue weighted by molar-refractivity contribution is 5.91. The molecule has 1 heterocycles. The molecule has 1 atom stereocenters. The van der Waals surface area contributed by atoms with Gasteiger partial charge in [-0.15, -0.1) is 0 Å². The van der Waals surface area contributed by atoms with Crippen molar-refractivity contribution in [1.82, 2.24) is 5.32 Å². The molecule has 3 heteroatoms. The molecule has 90 valence electrons. The first-order valence-electron chi connectivity index (χ1n) is 5.85. The van der Waals surface area contributed by atoms with Crippen LogP contribution in [0.2, 0.25) is 0 Å². The SMILES string of the molecule is CC(C)[C@@H]1NC(=O)C=C1OCc1ccccc1. The largest absolute Gasteiger partial charge is 0.491 e. The van der Waals surface area contributed by atoms with Crippen molar-refractivity contribution in [2.24, 2.45) is 5.92 Å². The van der Waals surface area contributed by atoms with Crippen molar-refractivity contribution in [3.63, 3.8) is 0 Å². The summed E-state index contributed by atoms with van der Waals surface area (Å²) in [6.45, 7) is 4.64. The van der Waals surface area contributed by atoms with Gasteiger partial charge in [0.05, 0.1) is 6.04 Å². The molecule has 1 aromatic carbocycles. The molecule has 1 aromatic rings. The number of ether oxygens (including phenoxy) is 1. The maximum absolute atomic E-state index is 11.3. The average Bonchev–Trinajstić information content (AvgIpc) is 2.69. The van der Waals surface area contributed by atoms with Gasteiger partial charge in [-0.1, -0.05) is 44.2 Å². The molecule has 0 spiro atoms. The first-order valence-corrected chi connectivity index (χ1v) is 5.85. The van der Waals surface area contributed by atoms with E-state index in [1.807, 2.05) is 30.3 Å². The van der Waals surface area contributed by atoms with E-state index in [1.54, 1.807) is 6.08 Å². The Balaban J connectivity index is 1.99. The molecule has 0 bridgehead atoms. The Hall–Kier alpha value is -1.77. The van der Waals surface area contributed by atoms with E-state index in [2.05, 4.69) is 19.2 Å². The van der Waals surface area contributed by atoms with Crippen LogP contribution in [-0.2, 0) is 16.1 Å². The number of benzene rings is 1. The van der Waals surface area contributed by atoms with Crippen LogP contribution < -0.4 is 5.32 Å². The Morgan fingerprint density at radius 2 is 2.00 bits per heavy atom. The fourth-order valence-electron chi connectivity index (χ4n) is 1.85. The van der Waals surface area contributed by atoms with Gasteiger partial charge < -0.3 is 10.1 Å². The third-order valence-corrected chi connectivity index (χ3v) is 2.79. The average molecular weight is 231 g/mol. The maximum atomic E-state index is 11.3. The lowest BCUT2D eigenvalue weighted by atomic mass is 10.0. The van der Waals surface area contributed by atoms with Gasteiger partial charge in [0.1, 0.15) is 12.4 Å². The number of rotatable bonds is 4. The smallest absolute Gasteiger partial charge is 0.248 e. The van der Waals surface area contributed by atoms with Gasteiger partial charge >= 0.3 is 0 Å². The first kappa shape index (κ1) is 11.7. The summed E-state index contributed by atoms with van der Waals surface area (Å²) in [6, 6.07) is 9.95. The zero-order chi connectivity index (χ0) is 12.3. The van der Waals surface area contributed by atoms with Gasteiger partial charge in [0, 0.05) is 6.08 Å². The molecule has 0 unspecified atom stereocenters. The molecular weight excluding hydrogens is 214 g/mol. The van der Waals surface area contributed by atoms with Crippen molar-refractivity contribution in [3.8, 4) is 0 Å². The number of amides is 1. The quantitative estimate of drug-likeness (QED) is 0.863. The Morgan fingerprint density at radius 1 is 1.29 bits per heavy atom. The molecule has 0 aromatic heterocycles. The molecule has 2 rings (SSSR count). The second-order valence-electron chi connectivity index (χ2n) is 4.55. The van der Waals surface area contributed by atoms with E-state index >= 15 is 0 Å². The molecule has 1 amide bonds. The van der Waals surface area contributed by atoms with E-state index in [4.69, 9.17) is 4.74 Å². The lowest BCUT2D eigenvalue weighted by molar-refractivity contribution is -0.116. The summed E-state index contributed by atoms with van der Waals surface area (Å²) in [7, 11) is 0. The Labute approximate surface area is 101 Å². The monoisotopic (exact) mass is 231 g/mol. The van der Waals surface area contributed by atoms with Gasteiger partial charge in [-0.05, 0) is 11.5 Å². The van der Waals surface area contributed by atoms with Gasteiger partial charge in [-0.3, -0.25) is 4.79 Å². The lowest BCUT2D eigenvalue weighted by Gasteiger charge is -2.19. The van der Waals surface area contributed by atoms with E-state index in [-0.39, 0.29) is 11.9 Å². The molecular formula is C14H17NO2. The van der Waals surface area contributed by atoms with Crippen LogP contribution in [0.4, 0.5) is 0 Å². The summed E-state index contributed by atoms with van der Waals surface area (Å²) in [4.78, 5) is 11.3. The van der Waals surface area contributed by atoms with Gasteiger partial charge in [0.25, 0.3) is 0 Å². The molecule has 0 saturated carbocycles. The van der Waals surface area contributed by atoms with Gasteiger partial charge in [-0.25, -0.2) is 0 Å². The third-order valence-electron chi connectivity index (χ3n) is 2.79. The van der Waals surface area contributed by atoms with Crippen LogP contribution in [0, 0.1) is 5.92 Å². The van der Waals surface area contributed by atoms with Gasteiger partial charge in [0.15, 0.2) is 0 Å². The standard InChI is InChI=1S/C14H17NO2/c1-10(2)14-12(8-13(16)15-14)17-9-11-6-4-3-5-7-11/h3-8,10,14H,9H2,1-2H3,(H,15,16)/t14-/m0/s1. The number of hydrogen-bond acceptors (Lipinski definition) is 2. The molecule has 1 aliphatic heterocycles. The normalized spacial score (nSPS) is 19.1. The highest BCUT2D eigenvalue weighted by Gasteiger charge is 2.27. The van der Waals surface area contributed by atoms with E-state index in [9.17, 15) is 4.79 Å². The van der Waals surface area contributed by atoms with Crippen molar-refractivity contribution in [3.05, 3.63) is 47.7 Å². The molecule has 0 aliphatic carbocycles. The summed E-state index contributed by atoms with van der Waals surface area (Å²) < 4.78 is 5.71. The lowest BCUT2D eigenvalue weighted by Crippen LogP contribution is -2.33. The molecule has 1 N–H and O–H groups in total. The summed E-state index contributed by atoms with van der Waals surface area (Å²) >= 11 is 0. The minimum atomic E-state index is -0.0632. The van der Waals surface area contributed by atoms with Crippen LogP contribution in [0.25, 0.3) is 0 Å². The molecule has 1 aliphatic rings. The second-order valence-corrected chi connectivity index (χ2v) is 4.55. The highest BCUT2D eigenvalue weighted by Crippen LogP contribution is 2.19. The van der Waals surface area contributed by atoms with E-state index in [0.717, 1.165) is 11.3 Å². The molecule has 0 fully saturated rings. The fourth-order valence-corrected chi connectivity index (χ4v) is 1.85. The molecule has 3 nitrogen and oxygen atoms in total. The topological polar surface area (TPSA) is 38.3 Å². The van der Waals surface area contributed by atoms with E-state index < -0.39 is 0 Å². The van der Waals surface area contributed by atoms with E-state index in [1.165, 1.54) is 0 Å². The highest BCUT2D eigenvalue weighted by atomic mass is 16.5. The predicted octanol–water partition coefficient (Wildman–Crippen LogP) is 2.24. The van der Waals surface area contributed by atoms with Crippen molar-refractivity contribution >= 4 is 5.91 Å². The van der Waals surface area contributed by atoms with Gasteiger partial charge in [-0.2, -0.15) is 0 Å². The van der Waals surface area contributed by atoms with Crippen LogP contribution in [-0.4, -0.2) is 11.9 Å². The van der Waals surface area contributed by atoms with Crippen molar-refractivity contribution < 1.29 is 9.53 Å². The van der Waals surface area contributed by atoms with Crippen LogP contribution >= 0.6 is 0 Å². The van der Waals surface area contributed by atoms with Gasteiger partial charge in [0.2, 0.25) is 5.91 Å². The number of nitrogens with one attached hydrogen (secondary N) is 1. The summed E-state index contributed by atoms with van der Waals surface area (Å²) in [5, 5.41) is 2.88. The maximum Gasteiger partial charge on any atom is 0.248 e. The summed E-state index contributed by atoms with van der Waals surface area (Å²) in [6.07, 6.45) is 1.55. The summed E-state index contributed by atoms with van der Waals surface area (Å²) in [5.41, 5.74) is 1.11. The molecule has 0 saturated heterocycles.